The number of sulfonamides is 4. The molecule has 0 saturated heterocycles. The molecule has 7 rings (SSSR count). The van der Waals surface area contributed by atoms with Gasteiger partial charge in [0.15, 0.2) is 5.78 Å². The number of rotatable bonds is 19. The van der Waals surface area contributed by atoms with E-state index in [9.17, 15) is 62.4 Å². The molecule has 1 heterocycles. The second-order valence-corrected chi connectivity index (χ2v) is 27.3. The number of aromatic nitrogens is 2. The topological polar surface area (TPSA) is 373 Å². The van der Waals surface area contributed by atoms with Crippen molar-refractivity contribution >= 4 is 99.1 Å². The summed E-state index contributed by atoms with van der Waals surface area (Å²) in [7, 11) is -15.5. The number of urea groups is 4. The molecule has 9 amide bonds. The smallest absolute Gasteiger partial charge is 0.328 e. The van der Waals surface area contributed by atoms with Gasteiger partial charge in [-0.1, -0.05) is 99.8 Å². The normalized spacial score (nSPS) is 13.5. The molecule has 0 atom stereocenters. The molecule has 9 N–H and O–H groups in total. The number of carbonyl (C=O) groups is 6. The highest BCUT2D eigenvalue weighted by atomic mass is 35.5. The quantitative estimate of drug-likeness (QED) is 0.0356. The van der Waals surface area contributed by atoms with Crippen LogP contribution in [0.3, 0.4) is 0 Å². The number of benzene rings is 4. The zero-order valence-electron chi connectivity index (χ0n) is 48.4. The summed E-state index contributed by atoms with van der Waals surface area (Å²) in [6, 6.07) is 20.0. The maximum Gasteiger partial charge on any atom is 0.328 e. The van der Waals surface area contributed by atoms with E-state index in [1.165, 1.54) is 104 Å². The molecule has 87 heavy (non-hydrogen) atoms. The minimum atomic E-state index is -3.95. The minimum absolute atomic E-state index is 0.00597. The van der Waals surface area contributed by atoms with Crippen molar-refractivity contribution in [1.82, 2.24) is 55.4 Å². The van der Waals surface area contributed by atoms with Gasteiger partial charge in [-0.3, -0.25) is 14.6 Å². The Morgan fingerprint density at radius 2 is 0.816 bits per heavy atom. The van der Waals surface area contributed by atoms with Gasteiger partial charge in [-0.15, -0.1) is 0 Å². The summed E-state index contributed by atoms with van der Waals surface area (Å²) in [6.45, 7) is 8.13. The van der Waals surface area contributed by atoms with E-state index in [2.05, 4.69) is 41.3 Å². The molecule has 4 aromatic carbocycles. The van der Waals surface area contributed by atoms with Gasteiger partial charge in [0.25, 0.3) is 46.0 Å². The van der Waals surface area contributed by atoms with Crippen LogP contribution in [0.15, 0.2) is 129 Å². The molecule has 0 spiro atoms. The van der Waals surface area contributed by atoms with Gasteiger partial charge in [0, 0.05) is 53.5 Å². The van der Waals surface area contributed by atoms with Crippen molar-refractivity contribution in [3.63, 3.8) is 0 Å². The molecule has 1 aromatic heterocycles. The highest BCUT2D eigenvalue weighted by Crippen LogP contribution is 2.20. The van der Waals surface area contributed by atoms with Crippen LogP contribution < -0.4 is 45.5 Å². The van der Waals surface area contributed by atoms with E-state index in [1.807, 2.05) is 28.0 Å². The maximum absolute atomic E-state index is 12.4. The Balaban J connectivity index is 0.000000257. The largest absolute Gasteiger partial charge is 0.350 e. The van der Waals surface area contributed by atoms with Crippen LogP contribution >= 0.6 is 23.2 Å². The molecule has 25 nitrogen and oxygen atoms in total. The monoisotopic (exact) mass is 1320 g/mol. The Kier molecular flexibility index (Phi) is 29.3. The number of carbonyl (C=O) groups excluding carboxylic acids is 6. The molecule has 2 aliphatic rings. The van der Waals surface area contributed by atoms with E-state index in [0.717, 1.165) is 88.3 Å². The van der Waals surface area contributed by atoms with Gasteiger partial charge >= 0.3 is 24.1 Å². The number of amides is 9. The molecular formula is C56H73Cl2N11O14S4. The summed E-state index contributed by atoms with van der Waals surface area (Å²) in [4.78, 5) is 77.6. The Morgan fingerprint density at radius 1 is 0.460 bits per heavy atom. The predicted molar refractivity (Wildman–Crippen MR) is 328 cm³/mol. The van der Waals surface area contributed by atoms with Crippen LogP contribution in [0.4, 0.5) is 19.2 Å². The zero-order valence-corrected chi connectivity index (χ0v) is 53.1. The first kappa shape index (κ1) is 72.0. The first-order valence-corrected chi connectivity index (χ1v) is 34.4. The first-order valence-electron chi connectivity index (χ1n) is 27.7. The summed E-state index contributed by atoms with van der Waals surface area (Å²) in [5.41, 5.74) is 2.24. The number of Topliss-reactive ketones (excluding diaryl/α,β-unsaturated/α-hetero) is 1. The maximum atomic E-state index is 12.4. The lowest BCUT2D eigenvalue weighted by molar-refractivity contribution is 0.0947. The lowest BCUT2D eigenvalue weighted by atomic mass is 9.96. The summed E-state index contributed by atoms with van der Waals surface area (Å²) in [5.74, 6) is -0.466. The minimum Gasteiger partial charge on any atom is -0.350 e. The van der Waals surface area contributed by atoms with Gasteiger partial charge < -0.3 is 26.6 Å². The highest BCUT2D eigenvalue weighted by molar-refractivity contribution is 7.91. The van der Waals surface area contributed by atoms with Crippen LogP contribution in [0.1, 0.15) is 130 Å². The summed E-state index contributed by atoms with van der Waals surface area (Å²) in [5, 5.41) is 13.9. The van der Waals surface area contributed by atoms with Crippen molar-refractivity contribution in [1.29, 1.82) is 0 Å². The van der Waals surface area contributed by atoms with Crippen LogP contribution in [0.5, 0.6) is 0 Å². The Morgan fingerprint density at radius 3 is 1.16 bits per heavy atom. The third-order valence-corrected chi connectivity index (χ3v) is 18.5. The zero-order chi connectivity index (χ0) is 64.2. The number of halogens is 2. The number of nitrogens with zero attached hydrogens (tertiary/aromatic N) is 2. The number of ketones is 1. The fourth-order valence-corrected chi connectivity index (χ4v) is 12.0. The number of hydrogen-bond donors (Lipinski definition) is 9. The van der Waals surface area contributed by atoms with Crippen molar-refractivity contribution in [3.05, 3.63) is 142 Å². The standard InChI is InChI=1S/C21H27N5O4S.C15H20N2O4S.2C10H13ClN2O3S/c1-15-13-24-19(14-23-15)20(27)22-12-11-16-7-9-18(10-8-16)31(29,30)26-21(28)25-17-5-3-2-4-6-17;1-11(18)12-7-9-14(10-8-12)22(20,21)17-15(19)16-13-5-3-2-4-6-13;2*1-2-7-12-10(14)13-17(15,16)9-5-3-8(11)4-6-9/h7-10,13-14,17H,2-6,11-12H2,1H3,(H,22,27)(H2,25,26,28);7-10,13H,2-6H2,1H3,(H2,16,17,19);2*3-6H,2,7H2,1H3,(H2,12,13,14). The molecule has 0 bridgehead atoms. The third-order valence-electron chi connectivity index (χ3n) is 12.6. The van der Waals surface area contributed by atoms with Crippen LogP contribution in [0, 0.1) is 6.92 Å². The van der Waals surface area contributed by atoms with Crippen LogP contribution in [0.2, 0.25) is 10.0 Å². The molecule has 2 fully saturated rings. The number of nitrogens with one attached hydrogen (secondary N) is 9. The average Bonchev–Trinajstić information content (AvgIpc) is 3.45. The molecule has 2 saturated carbocycles. The van der Waals surface area contributed by atoms with Gasteiger partial charge in [0.1, 0.15) is 5.69 Å². The van der Waals surface area contributed by atoms with Gasteiger partial charge in [0.2, 0.25) is 0 Å². The second-order valence-electron chi connectivity index (χ2n) is 19.7. The molecule has 474 valence electrons. The third kappa shape index (κ3) is 26.2. The van der Waals surface area contributed by atoms with E-state index < -0.39 is 64.2 Å². The SMILES string of the molecule is CC(=O)c1ccc(S(=O)(=O)NC(=O)NC2CCCCC2)cc1.CCCNC(=O)NS(=O)(=O)c1ccc(Cl)cc1.CCCNC(=O)NS(=O)(=O)c1ccc(Cl)cc1.Cc1cnc(C(=O)NCCc2ccc(S(=O)(=O)NC(=O)NC3CCCCC3)cc2)cn1. The highest BCUT2D eigenvalue weighted by Gasteiger charge is 2.24. The van der Waals surface area contributed by atoms with E-state index in [4.69, 9.17) is 23.2 Å². The van der Waals surface area contributed by atoms with Gasteiger partial charge in [0.05, 0.1) is 31.5 Å². The molecule has 0 aliphatic heterocycles. The molecule has 2 aliphatic carbocycles. The molecular weight excluding hydrogens is 1250 g/mol. The number of aryl methyl sites for hydroxylation is 1. The fraction of sp³-hybridized carbons (Fsp3) is 0.393. The molecule has 0 unspecified atom stereocenters. The molecule has 5 aromatic rings. The van der Waals surface area contributed by atoms with Crippen molar-refractivity contribution < 1.29 is 62.4 Å². The second kappa shape index (κ2) is 35.4. The van der Waals surface area contributed by atoms with E-state index in [0.29, 0.717) is 41.7 Å². The van der Waals surface area contributed by atoms with E-state index in [-0.39, 0.29) is 49.0 Å². The van der Waals surface area contributed by atoms with Crippen molar-refractivity contribution in [2.45, 2.75) is 143 Å². The predicted octanol–water partition coefficient (Wildman–Crippen LogP) is 7.76. The number of hydrogen-bond acceptors (Lipinski definition) is 16. The lowest BCUT2D eigenvalue weighted by Gasteiger charge is -2.22. The average molecular weight is 1320 g/mol. The summed E-state index contributed by atoms with van der Waals surface area (Å²) in [6.07, 6.45) is 14.9. The molecule has 0 radical (unpaired) electrons. The molecule has 31 heteroatoms. The Hall–Kier alpha value is -7.44. The van der Waals surface area contributed by atoms with Crippen LogP contribution in [-0.4, -0.2) is 111 Å². The van der Waals surface area contributed by atoms with Gasteiger partial charge in [-0.2, -0.15) is 0 Å². The van der Waals surface area contributed by atoms with Crippen molar-refractivity contribution in [3.8, 4) is 0 Å². The Bertz CT molecular complexity index is 3450. The van der Waals surface area contributed by atoms with Crippen molar-refractivity contribution in [2.75, 3.05) is 19.6 Å². The Labute approximate surface area is 518 Å². The first-order chi connectivity index (χ1) is 41.1. The van der Waals surface area contributed by atoms with E-state index >= 15 is 0 Å². The lowest BCUT2D eigenvalue weighted by Crippen LogP contribution is -2.45. The van der Waals surface area contributed by atoms with Gasteiger partial charge in [-0.05, 0) is 137 Å². The van der Waals surface area contributed by atoms with Crippen LogP contribution in [0.25, 0.3) is 0 Å². The van der Waals surface area contributed by atoms with Gasteiger partial charge in [-0.25, -0.2) is 76.7 Å². The fourth-order valence-electron chi connectivity index (χ4n) is 8.05. The summed E-state index contributed by atoms with van der Waals surface area (Å²) >= 11 is 11.3. The van der Waals surface area contributed by atoms with E-state index in [1.54, 1.807) is 19.1 Å². The van der Waals surface area contributed by atoms with Crippen LogP contribution in [-0.2, 0) is 46.5 Å². The summed E-state index contributed by atoms with van der Waals surface area (Å²) < 4.78 is 104. The van der Waals surface area contributed by atoms with Crippen molar-refractivity contribution in [2.24, 2.45) is 0 Å².